The summed E-state index contributed by atoms with van der Waals surface area (Å²) in [5.41, 5.74) is 1.06. The maximum absolute atomic E-state index is 12.9. The first kappa shape index (κ1) is 17.2. The van der Waals surface area contributed by atoms with E-state index in [1.165, 1.54) is 0 Å². The van der Waals surface area contributed by atoms with Crippen LogP contribution in [-0.2, 0) is 14.8 Å². The van der Waals surface area contributed by atoms with Gasteiger partial charge in [0.25, 0.3) is 0 Å². The molecule has 118 valence electrons. The third-order valence-corrected chi connectivity index (χ3v) is 6.71. The van der Waals surface area contributed by atoms with Gasteiger partial charge in [0.05, 0.1) is 23.6 Å². The highest BCUT2D eigenvalue weighted by molar-refractivity contribution is 14.1. The molecule has 1 saturated heterocycles. The summed E-state index contributed by atoms with van der Waals surface area (Å²) in [6, 6.07) is 6.96. The van der Waals surface area contributed by atoms with Crippen LogP contribution in [0.25, 0.3) is 0 Å². The van der Waals surface area contributed by atoms with Crippen LogP contribution in [0, 0.1) is 12.8 Å². The van der Waals surface area contributed by atoms with Crippen molar-refractivity contribution in [3.8, 4) is 0 Å². The van der Waals surface area contributed by atoms with E-state index in [0.29, 0.717) is 18.0 Å². The van der Waals surface area contributed by atoms with Gasteiger partial charge >= 0.3 is 0 Å². The molecule has 1 aliphatic heterocycles. The fourth-order valence-corrected chi connectivity index (χ4v) is 4.75. The average molecular weight is 423 g/mol. The first-order valence-electron chi connectivity index (χ1n) is 7.12. The van der Waals surface area contributed by atoms with Crippen molar-refractivity contribution in [1.82, 2.24) is 4.31 Å². The highest BCUT2D eigenvalue weighted by Crippen LogP contribution is 2.27. The van der Waals surface area contributed by atoms with Gasteiger partial charge in [-0.3, -0.25) is 0 Å². The van der Waals surface area contributed by atoms with Crippen LogP contribution in [0.15, 0.2) is 29.2 Å². The van der Waals surface area contributed by atoms with Crippen molar-refractivity contribution in [2.75, 3.05) is 17.6 Å². The van der Waals surface area contributed by atoms with Gasteiger partial charge in [0, 0.05) is 11.0 Å². The molecule has 0 amide bonds. The van der Waals surface area contributed by atoms with Gasteiger partial charge in [0.15, 0.2) is 0 Å². The number of hydrogen-bond donors (Lipinski definition) is 0. The third kappa shape index (κ3) is 3.78. The Balaban J connectivity index is 2.35. The minimum atomic E-state index is -3.47. The van der Waals surface area contributed by atoms with Gasteiger partial charge < -0.3 is 4.74 Å². The summed E-state index contributed by atoms with van der Waals surface area (Å²) >= 11 is 2.24. The zero-order valence-corrected chi connectivity index (χ0v) is 15.6. The van der Waals surface area contributed by atoms with E-state index in [1.54, 1.807) is 16.4 Å². The maximum atomic E-state index is 12.9. The average Bonchev–Trinajstić information content (AvgIpc) is 2.47. The summed E-state index contributed by atoms with van der Waals surface area (Å²) in [6.07, 6.45) is -0.0270. The number of ether oxygens (including phenoxy) is 1. The molecule has 1 fully saturated rings. The van der Waals surface area contributed by atoms with Crippen LogP contribution >= 0.6 is 22.6 Å². The Morgan fingerprint density at radius 2 is 1.95 bits per heavy atom. The van der Waals surface area contributed by atoms with Crippen LogP contribution in [0.3, 0.4) is 0 Å². The van der Waals surface area contributed by atoms with Crippen molar-refractivity contribution in [1.29, 1.82) is 0 Å². The first-order valence-corrected chi connectivity index (χ1v) is 10.1. The first-order chi connectivity index (χ1) is 9.86. The zero-order valence-electron chi connectivity index (χ0n) is 12.6. The fraction of sp³-hybridized carbons (Fsp3) is 0.600. The van der Waals surface area contributed by atoms with Crippen LogP contribution in [-0.4, -0.2) is 42.4 Å². The predicted molar refractivity (Wildman–Crippen MR) is 92.3 cm³/mol. The second-order valence-corrected chi connectivity index (χ2v) is 8.58. The number of morpholine rings is 1. The number of nitrogens with zero attached hydrogens (tertiary/aromatic N) is 1. The highest BCUT2D eigenvalue weighted by Gasteiger charge is 2.38. The van der Waals surface area contributed by atoms with Crippen LogP contribution in [0.5, 0.6) is 0 Å². The molecule has 21 heavy (non-hydrogen) atoms. The number of rotatable bonds is 4. The Labute approximate surface area is 141 Å². The zero-order chi connectivity index (χ0) is 15.6. The standard InChI is InChI=1S/C15H22INO3S/c1-11(2)15-10-20-13(8-16)9-17(15)21(18,19)14-6-4-12(3)5-7-14/h4-7,11,13,15H,8-10H2,1-3H3/t13-,15-/m1/s1. The molecule has 1 aromatic rings. The largest absolute Gasteiger partial charge is 0.374 e. The van der Waals surface area contributed by atoms with Crippen molar-refractivity contribution in [2.24, 2.45) is 5.92 Å². The summed E-state index contributed by atoms with van der Waals surface area (Å²) in [5.74, 6) is 0.223. The lowest BCUT2D eigenvalue weighted by molar-refractivity contribution is -0.0309. The number of hydrogen-bond acceptors (Lipinski definition) is 3. The molecule has 0 aromatic heterocycles. The molecular formula is C15H22INO3S. The molecule has 0 aliphatic carbocycles. The second kappa shape index (κ2) is 6.93. The Bertz CT molecular complexity index is 571. The minimum Gasteiger partial charge on any atom is -0.374 e. The van der Waals surface area contributed by atoms with Gasteiger partial charge in [0.2, 0.25) is 10.0 Å². The van der Waals surface area contributed by atoms with Gasteiger partial charge in [-0.25, -0.2) is 8.42 Å². The van der Waals surface area contributed by atoms with Crippen molar-refractivity contribution in [2.45, 2.75) is 37.8 Å². The van der Waals surface area contributed by atoms with E-state index in [-0.39, 0.29) is 18.1 Å². The molecule has 2 atom stereocenters. The van der Waals surface area contributed by atoms with Gasteiger partial charge in [0.1, 0.15) is 0 Å². The van der Waals surface area contributed by atoms with Gasteiger partial charge in [-0.1, -0.05) is 54.1 Å². The monoisotopic (exact) mass is 423 g/mol. The summed E-state index contributed by atoms with van der Waals surface area (Å²) < 4.78 is 34.1. The molecule has 0 bridgehead atoms. The van der Waals surface area contributed by atoms with Crippen molar-refractivity contribution >= 4 is 32.6 Å². The summed E-state index contributed by atoms with van der Waals surface area (Å²) in [4.78, 5) is 0.368. The van der Waals surface area contributed by atoms with Crippen molar-refractivity contribution in [3.05, 3.63) is 29.8 Å². The van der Waals surface area contributed by atoms with Gasteiger partial charge in [-0.15, -0.1) is 0 Å². The van der Waals surface area contributed by atoms with Gasteiger partial charge in [-0.05, 0) is 25.0 Å². The van der Waals surface area contributed by atoms with E-state index in [2.05, 4.69) is 22.6 Å². The molecule has 4 nitrogen and oxygen atoms in total. The number of halogens is 1. The van der Waals surface area contributed by atoms with Gasteiger partial charge in [-0.2, -0.15) is 4.31 Å². The summed E-state index contributed by atoms with van der Waals surface area (Å²) in [5, 5.41) is 0. The van der Waals surface area contributed by atoms with Crippen LogP contribution in [0.2, 0.25) is 0 Å². The van der Waals surface area contributed by atoms with Crippen molar-refractivity contribution < 1.29 is 13.2 Å². The molecular weight excluding hydrogens is 401 g/mol. The van der Waals surface area contributed by atoms with Crippen LogP contribution < -0.4 is 0 Å². The Morgan fingerprint density at radius 3 is 2.48 bits per heavy atom. The molecule has 0 N–H and O–H groups in total. The predicted octanol–water partition coefficient (Wildman–Crippen LogP) is 2.84. The highest BCUT2D eigenvalue weighted by atomic mass is 127. The minimum absolute atomic E-state index is 0.0270. The third-order valence-electron chi connectivity index (χ3n) is 3.83. The lowest BCUT2D eigenvalue weighted by atomic mass is 10.0. The number of aryl methyl sites for hydroxylation is 1. The van der Waals surface area contributed by atoms with E-state index >= 15 is 0 Å². The van der Waals surface area contributed by atoms with Crippen LogP contribution in [0.4, 0.5) is 0 Å². The Morgan fingerprint density at radius 1 is 1.33 bits per heavy atom. The van der Waals surface area contributed by atoms with Crippen molar-refractivity contribution in [3.63, 3.8) is 0 Å². The Hall–Kier alpha value is -0.180. The lowest BCUT2D eigenvalue weighted by Crippen LogP contribution is -2.54. The molecule has 2 rings (SSSR count). The van der Waals surface area contributed by atoms with E-state index in [1.807, 2.05) is 32.9 Å². The summed E-state index contributed by atoms with van der Waals surface area (Å²) in [6.45, 7) is 6.93. The topological polar surface area (TPSA) is 46.6 Å². The van der Waals surface area contributed by atoms with E-state index in [0.717, 1.165) is 9.99 Å². The lowest BCUT2D eigenvalue weighted by Gasteiger charge is -2.40. The maximum Gasteiger partial charge on any atom is 0.243 e. The molecule has 0 radical (unpaired) electrons. The molecule has 0 spiro atoms. The van der Waals surface area contributed by atoms with E-state index < -0.39 is 10.0 Å². The fourth-order valence-electron chi connectivity index (χ4n) is 2.45. The quantitative estimate of drug-likeness (QED) is 0.553. The number of benzene rings is 1. The molecule has 1 heterocycles. The molecule has 1 aliphatic rings. The second-order valence-electron chi connectivity index (χ2n) is 5.81. The number of alkyl halides is 1. The van der Waals surface area contributed by atoms with E-state index in [9.17, 15) is 8.42 Å². The molecule has 6 heteroatoms. The molecule has 0 unspecified atom stereocenters. The number of sulfonamides is 1. The summed E-state index contributed by atoms with van der Waals surface area (Å²) in [7, 11) is -3.47. The smallest absolute Gasteiger partial charge is 0.243 e. The van der Waals surface area contributed by atoms with Crippen LogP contribution in [0.1, 0.15) is 19.4 Å². The van der Waals surface area contributed by atoms with E-state index in [4.69, 9.17) is 4.74 Å². The SMILES string of the molecule is Cc1ccc(S(=O)(=O)N2C[C@@H](CI)OC[C@@H]2C(C)C)cc1. The Kier molecular flexibility index (Phi) is 5.67. The molecule has 1 aromatic carbocycles. The normalized spacial score (nSPS) is 24.4. The molecule has 0 saturated carbocycles.